The molecular formula is C16H18BrNOS. The van der Waals surface area contributed by atoms with Crippen LogP contribution in [0.5, 0.6) is 0 Å². The fourth-order valence-electron chi connectivity index (χ4n) is 1.92. The van der Waals surface area contributed by atoms with Crippen molar-refractivity contribution >= 4 is 32.4 Å². The summed E-state index contributed by atoms with van der Waals surface area (Å²) in [6.45, 7) is 4.30. The van der Waals surface area contributed by atoms with Crippen LogP contribution in [0.4, 0.5) is 5.69 Å². The Hall–Kier alpha value is -1.13. The lowest BCUT2D eigenvalue weighted by Crippen LogP contribution is -1.98. The van der Waals surface area contributed by atoms with Gasteiger partial charge in [-0.2, -0.15) is 0 Å². The fourth-order valence-corrected chi connectivity index (χ4v) is 3.26. The van der Waals surface area contributed by atoms with Crippen LogP contribution >= 0.6 is 15.9 Å². The van der Waals surface area contributed by atoms with Gasteiger partial charge in [-0.1, -0.05) is 32.0 Å². The summed E-state index contributed by atoms with van der Waals surface area (Å²) in [7, 11) is -1.04. The van der Waals surface area contributed by atoms with Crippen molar-refractivity contribution in [2.24, 2.45) is 0 Å². The van der Waals surface area contributed by atoms with Crippen LogP contribution in [0.1, 0.15) is 30.9 Å². The third-order valence-corrected chi connectivity index (χ3v) is 5.28. The van der Waals surface area contributed by atoms with E-state index in [0.717, 1.165) is 14.9 Å². The largest absolute Gasteiger partial charge is 0.398 e. The minimum Gasteiger partial charge on any atom is -0.398 e. The van der Waals surface area contributed by atoms with Gasteiger partial charge in [0.15, 0.2) is 0 Å². The van der Waals surface area contributed by atoms with E-state index in [-0.39, 0.29) is 0 Å². The Morgan fingerprint density at radius 3 is 2.35 bits per heavy atom. The van der Waals surface area contributed by atoms with Crippen LogP contribution in [0.3, 0.4) is 0 Å². The quantitative estimate of drug-likeness (QED) is 0.826. The summed E-state index contributed by atoms with van der Waals surface area (Å²) in [4.78, 5) is 0.857. The molecule has 0 saturated carbocycles. The Kier molecular flexibility index (Phi) is 5.00. The minimum atomic E-state index is -1.04. The zero-order valence-electron chi connectivity index (χ0n) is 11.6. The van der Waals surface area contributed by atoms with E-state index in [1.165, 1.54) is 5.56 Å². The van der Waals surface area contributed by atoms with Gasteiger partial charge in [0.05, 0.1) is 16.6 Å². The Labute approximate surface area is 131 Å². The van der Waals surface area contributed by atoms with E-state index in [9.17, 15) is 4.21 Å². The highest BCUT2D eigenvalue weighted by molar-refractivity contribution is 9.10. The van der Waals surface area contributed by atoms with E-state index < -0.39 is 10.8 Å². The second-order valence-corrected chi connectivity index (χ2v) is 7.37. The Bertz CT molecular complexity index is 623. The molecule has 20 heavy (non-hydrogen) atoms. The zero-order valence-corrected chi connectivity index (χ0v) is 14.0. The molecule has 0 heterocycles. The van der Waals surface area contributed by atoms with Crippen LogP contribution in [0.25, 0.3) is 0 Å². The molecule has 0 radical (unpaired) electrons. The van der Waals surface area contributed by atoms with Crippen molar-refractivity contribution in [3.8, 4) is 0 Å². The van der Waals surface area contributed by atoms with Crippen LogP contribution in [0, 0.1) is 0 Å². The molecule has 2 aromatic rings. The Morgan fingerprint density at radius 2 is 1.80 bits per heavy atom. The monoisotopic (exact) mass is 351 g/mol. The number of benzene rings is 2. The molecule has 0 saturated heterocycles. The summed E-state index contributed by atoms with van der Waals surface area (Å²) in [5, 5.41) is 0. The second-order valence-electron chi connectivity index (χ2n) is 5.07. The summed E-state index contributed by atoms with van der Waals surface area (Å²) < 4.78 is 13.2. The van der Waals surface area contributed by atoms with E-state index in [2.05, 4.69) is 29.8 Å². The molecule has 0 aliphatic rings. The summed E-state index contributed by atoms with van der Waals surface area (Å²) in [5.74, 6) is 0.974. The zero-order chi connectivity index (χ0) is 14.7. The van der Waals surface area contributed by atoms with Gasteiger partial charge in [0, 0.05) is 15.1 Å². The molecule has 1 atom stereocenters. The number of rotatable bonds is 4. The summed E-state index contributed by atoms with van der Waals surface area (Å²) in [5.41, 5.74) is 8.76. The van der Waals surface area contributed by atoms with Gasteiger partial charge in [0.1, 0.15) is 0 Å². The van der Waals surface area contributed by atoms with E-state index in [4.69, 9.17) is 5.73 Å². The van der Waals surface area contributed by atoms with Crippen molar-refractivity contribution in [1.82, 2.24) is 0 Å². The molecule has 4 heteroatoms. The maximum atomic E-state index is 12.4. The molecule has 0 aromatic heterocycles. The van der Waals surface area contributed by atoms with Crippen molar-refractivity contribution < 1.29 is 4.21 Å². The molecule has 0 aliphatic heterocycles. The van der Waals surface area contributed by atoms with Crippen molar-refractivity contribution in [3.63, 3.8) is 0 Å². The highest BCUT2D eigenvalue weighted by Crippen LogP contribution is 2.23. The number of nitrogen functional groups attached to an aromatic ring is 1. The van der Waals surface area contributed by atoms with Crippen LogP contribution in [-0.4, -0.2) is 4.21 Å². The molecule has 2 nitrogen and oxygen atoms in total. The van der Waals surface area contributed by atoms with E-state index in [1.54, 1.807) is 0 Å². The summed E-state index contributed by atoms with van der Waals surface area (Å²) in [6.07, 6.45) is 0. The SMILES string of the molecule is CC(C)c1ccc(S(=O)Cc2ccc(Br)c(N)c2)cc1. The predicted octanol–water partition coefficient (Wildman–Crippen LogP) is 4.46. The first-order valence-electron chi connectivity index (χ1n) is 6.49. The standard InChI is InChI=1S/C16H18BrNOS/c1-11(2)13-4-6-14(7-5-13)20(19)10-12-3-8-15(17)16(18)9-12/h3-9,11H,10,18H2,1-2H3. The second kappa shape index (κ2) is 6.55. The number of anilines is 1. The van der Waals surface area contributed by atoms with Gasteiger partial charge in [-0.15, -0.1) is 0 Å². The normalized spacial score (nSPS) is 12.6. The number of hydrogen-bond donors (Lipinski definition) is 1. The topological polar surface area (TPSA) is 43.1 Å². The fraction of sp³-hybridized carbons (Fsp3) is 0.250. The average Bonchev–Trinajstić information content (AvgIpc) is 2.43. The molecule has 2 rings (SSSR count). The molecule has 106 valence electrons. The molecule has 2 N–H and O–H groups in total. The van der Waals surface area contributed by atoms with Crippen molar-refractivity contribution in [1.29, 1.82) is 0 Å². The van der Waals surface area contributed by atoms with Crippen molar-refractivity contribution in [2.75, 3.05) is 5.73 Å². The van der Waals surface area contributed by atoms with Crippen LogP contribution < -0.4 is 5.73 Å². The lowest BCUT2D eigenvalue weighted by Gasteiger charge is -2.08. The highest BCUT2D eigenvalue weighted by Gasteiger charge is 2.07. The first-order chi connectivity index (χ1) is 9.47. The third kappa shape index (κ3) is 3.70. The van der Waals surface area contributed by atoms with Gasteiger partial charge >= 0.3 is 0 Å². The van der Waals surface area contributed by atoms with Gasteiger partial charge in [-0.05, 0) is 57.2 Å². The lowest BCUT2D eigenvalue weighted by molar-refractivity contribution is 0.682. The number of hydrogen-bond acceptors (Lipinski definition) is 2. The first-order valence-corrected chi connectivity index (χ1v) is 8.61. The molecule has 0 amide bonds. The maximum absolute atomic E-state index is 12.4. The molecule has 0 aliphatic carbocycles. The van der Waals surface area contributed by atoms with E-state index in [1.807, 2.05) is 42.5 Å². The number of halogens is 1. The summed E-state index contributed by atoms with van der Waals surface area (Å²) >= 11 is 3.36. The van der Waals surface area contributed by atoms with E-state index in [0.29, 0.717) is 17.4 Å². The van der Waals surface area contributed by atoms with Crippen molar-refractivity contribution in [3.05, 3.63) is 58.1 Å². The predicted molar refractivity (Wildman–Crippen MR) is 89.2 cm³/mol. The number of nitrogens with two attached hydrogens (primary N) is 1. The Balaban J connectivity index is 2.13. The van der Waals surface area contributed by atoms with Gasteiger partial charge in [0.25, 0.3) is 0 Å². The van der Waals surface area contributed by atoms with Crippen LogP contribution in [0.15, 0.2) is 51.8 Å². The summed E-state index contributed by atoms with van der Waals surface area (Å²) in [6, 6.07) is 13.7. The molecule has 0 bridgehead atoms. The van der Waals surface area contributed by atoms with Crippen molar-refractivity contribution in [2.45, 2.75) is 30.4 Å². The lowest BCUT2D eigenvalue weighted by atomic mass is 10.0. The molecule has 2 aromatic carbocycles. The molecule has 1 unspecified atom stereocenters. The van der Waals surface area contributed by atoms with Gasteiger partial charge in [-0.25, -0.2) is 0 Å². The maximum Gasteiger partial charge on any atom is 0.0574 e. The van der Waals surface area contributed by atoms with Crippen LogP contribution in [0.2, 0.25) is 0 Å². The minimum absolute atomic E-state index is 0.485. The van der Waals surface area contributed by atoms with E-state index >= 15 is 0 Å². The third-order valence-electron chi connectivity index (χ3n) is 3.17. The molecular weight excluding hydrogens is 334 g/mol. The smallest absolute Gasteiger partial charge is 0.0574 e. The molecule has 0 fully saturated rings. The highest BCUT2D eigenvalue weighted by atomic mass is 79.9. The molecule has 0 spiro atoms. The first kappa shape index (κ1) is 15.3. The average molecular weight is 352 g/mol. The van der Waals surface area contributed by atoms with Gasteiger partial charge in [-0.3, -0.25) is 4.21 Å². The van der Waals surface area contributed by atoms with Gasteiger partial charge in [0.2, 0.25) is 0 Å². The Morgan fingerprint density at radius 1 is 1.15 bits per heavy atom. The van der Waals surface area contributed by atoms with Crippen LogP contribution in [-0.2, 0) is 16.6 Å². The van der Waals surface area contributed by atoms with Gasteiger partial charge < -0.3 is 5.73 Å².